The lowest BCUT2D eigenvalue weighted by Crippen LogP contribution is -2.39. The molecule has 6 nitrogen and oxygen atoms in total. The first kappa shape index (κ1) is 14.8. The molecule has 1 N–H and O–H groups in total. The second kappa shape index (κ2) is 6.79. The maximum atomic E-state index is 12.1. The summed E-state index contributed by atoms with van der Waals surface area (Å²) >= 11 is 0. The van der Waals surface area contributed by atoms with Crippen LogP contribution in [0.3, 0.4) is 0 Å². The third-order valence-corrected chi connectivity index (χ3v) is 3.91. The van der Waals surface area contributed by atoms with Gasteiger partial charge in [-0.1, -0.05) is 5.16 Å². The fourth-order valence-corrected chi connectivity index (χ4v) is 2.61. The number of nitrogens with zero attached hydrogens (tertiary/aromatic N) is 1. The van der Waals surface area contributed by atoms with Crippen LogP contribution in [-0.2, 0) is 14.4 Å². The summed E-state index contributed by atoms with van der Waals surface area (Å²) in [5.74, 6) is 0.650. The highest BCUT2D eigenvalue weighted by Gasteiger charge is 2.29. The minimum absolute atomic E-state index is 0.132. The van der Waals surface area contributed by atoms with E-state index in [9.17, 15) is 4.79 Å². The Bertz CT molecular complexity index is 550. The van der Waals surface area contributed by atoms with Crippen molar-refractivity contribution < 1.29 is 19.1 Å². The van der Waals surface area contributed by atoms with Gasteiger partial charge >= 0.3 is 0 Å². The van der Waals surface area contributed by atoms with Crippen LogP contribution < -0.4 is 10.1 Å². The summed E-state index contributed by atoms with van der Waals surface area (Å²) in [7, 11) is 1.62. The average Bonchev–Trinajstić information content (AvgIpc) is 3.24. The highest BCUT2D eigenvalue weighted by molar-refractivity contribution is 6.04. The van der Waals surface area contributed by atoms with Crippen molar-refractivity contribution in [2.45, 2.75) is 31.5 Å². The Kier molecular flexibility index (Phi) is 4.58. The van der Waals surface area contributed by atoms with Crippen molar-refractivity contribution in [1.29, 1.82) is 0 Å². The lowest BCUT2D eigenvalue weighted by atomic mass is 10.0. The SMILES string of the molecule is COc1ccc(C2=NO[C@H](C(=O)NC[C@@H]3CCCO3)C2)cc1. The third kappa shape index (κ3) is 3.39. The van der Waals surface area contributed by atoms with E-state index in [-0.39, 0.29) is 12.0 Å². The molecular weight excluding hydrogens is 284 g/mol. The topological polar surface area (TPSA) is 69.2 Å². The Hall–Kier alpha value is -2.08. The summed E-state index contributed by atoms with van der Waals surface area (Å²) < 4.78 is 10.6. The highest BCUT2D eigenvalue weighted by Crippen LogP contribution is 2.19. The standard InChI is InChI=1S/C16H20N2O4/c1-20-12-6-4-11(5-7-12)14-9-15(22-18-14)16(19)17-10-13-3-2-8-21-13/h4-7,13,15H,2-3,8-10H2,1H3,(H,17,19)/t13-,15-/m0/s1. The predicted octanol–water partition coefficient (Wildman–Crippen LogP) is 1.48. The molecule has 0 aromatic heterocycles. The lowest BCUT2D eigenvalue weighted by molar-refractivity contribution is -0.131. The minimum atomic E-state index is -0.557. The fraction of sp³-hybridized carbons (Fsp3) is 0.500. The van der Waals surface area contributed by atoms with Gasteiger partial charge in [-0.05, 0) is 42.7 Å². The Morgan fingerprint density at radius 2 is 2.23 bits per heavy atom. The van der Waals surface area contributed by atoms with Crippen molar-refractivity contribution in [3.63, 3.8) is 0 Å². The number of nitrogens with one attached hydrogen (secondary N) is 1. The van der Waals surface area contributed by atoms with Gasteiger partial charge in [-0.15, -0.1) is 0 Å². The predicted molar refractivity (Wildman–Crippen MR) is 81.0 cm³/mol. The summed E-state index contributed by atoms with van der Waals surface area (Å²) in [5.41, 5.74) is 1.72. The van der Waals surface area contributed by atoms with E-state index in [2.05, 4.69) is 10.5 Å². The van der Waals surface area contributed by atoms with Gasteiger partial charge in [-0.25, -0.2) is 0 Å². The van der Waals surface area contributed by atoms with E-state index < -0.39 is 6.10 Å². The first-order valence-electron chi connectivity index (χ1n) is 7.52. The normalized spacial score (nSPS) is 23.8. The van der Waals surface area contributed by atoms with Crippen molar-refractivity contribution in [2.24, 2.45) is 5.16 Å². The zero-order valence-electron chi connectivity index (χ0n) is 12.6. The fourth-order valence-electron chi connectivity index (χ4n) is 2.61. The van der Waals surface area contributed by atoms with E-state index >= 15 is 0 Å². The van der Waals surface area contributed by atoms with E-state index in [1.165, 1.54) is 0 Å². The second-order valence-electron chi connectivity index (χ2n) is 5.44. The number of rotatable bonds is 5. The molecule has 3 rings (SSSR count). The number of oxime groups is 1. The smallest absolute Gasteiger partial charge is 0.264 e. The number of ether oxygens (including phenoxy) is 2. The van der Waals surface area contributed by atoms with Crippen LogP contribution in [0.1, 0.15) is 24.8 Å². The number of amides is 1. The van der Waals surface area contributed by atoms with Crippen molar-refractivity contribution in [1.82, 2.24) is 5.32 Å². The molecule has 1 fully saturated rings. The van der Waals surface area contributed by atoms with Crippen LogP contribution >= 0.6 is 0 Å². The summed E-state index contributed by atoms with van der Waals surface area (Å²) in [6.45, 7) is 1.32. The molecule has 22 heavy (non-hydrogen) atoms. The monoisotopic (exact) mass is 304 g/mol. The molecule has 0 saturated carbocycles. The molecule has 0 radical (unpaired) electrons. The molecule has 0 spiro atoms. The number of carbonyl (C=O) groups excluding carboxylic acids is 1. The Labute approximate surface area is 129 Å². The van der Waals surface area contributed by atoms with Crippen molar-refractivity contribution in [3.8, 4) is 5.75 Å². The summed E-state index contributed by atoms with van der Waals surface area (Å²) in [6, 6.07) is 7.55. The van der Waals surface area contributed by atoms with Gasteiger partial charge < -0.3 is 19.6 Å². The molecule has 0 unspecified atom stereocenters. The summed E-state index contributed by atoms with van der Waals surface area (Å²) in [5, 5.41) is 6.90. The molecular formula is C16H20N2O4. The van der Waals surface area contributed by atoms with Crippen LogP contribution in [0.5, 0.6) is 5.75 Å². The summed E-state index contributed by atoms with van der Waals surface area (Å²) in [4.78, 5) is 17.4. The molecule has 118 valence electrons. The van der Waals surface area contributed by atoms with E-state index in [0.29, 0.717) is 13.0 Å². The molecule has 2 aliphatic heterocycles. The molecule has 0 aliphatic carbocycles. The maximum Gasteiger partial charge on any atom is 0.264 e. The zero-order valence-corrected chi connectivity index (χ0v) is 12.6. The molecule has 0 bridgehead atoms. The number of hydrogen-bond acceptors (Lipinski definition) is 5. The molecule has 2 heterocycles. The van der Waals surface area contributed by atoms with Crippen LogP contribution in [0.4, 0.5) is 0 Å². The van der Waals surface area contributed by atoms with Gasteiger partial charge in [0, 0.05) is 19.6 Å². The van der Waals surface area contributed by atoms with E-state index in [1.807, 2.05) is 24.3 Å². The first-order chi connectivity index (χ1) is 10.8. The maximum absolute atomic E-state index is 12.1. The molecule has 6 heteroatoms. The van der Waals surface area contributed by atoms with Crippen molar-refractivity contribution in [3.05, 3.63) is 29.8 Å². The van der Waals surface area contributed by atoms with Crippen LogP contribution in [0.2, 0.25) is 0 Å². The Morgan fingerprint density at radius 3 is 2.91 bits per heavy atom. The van der Waals surface area contributed by atoms with Crippen LogP contribution in [-0.4, -0.2) is 44.1 Å². The second-order valence-corrected chi connectivity index (χ2v) is 5.44. The van der Waals surface area contributed by atoms with Gasteiger partial charge in [-0.2, -0.15) is 0 Å². The highest BCUT2D eigenvalue weighted by atomic mass is 16.6. The van der Waals surface area contributed by atoms with Gasteiger partial charge in [0.15, 0.2) is 0 Å². The van der Waals surface area contributed by atoms with E-state index in [4.69, 9.17) is 14.3 Å². The third-order valence-electron chi connectivity index (χ3n) is 3.91. The van der Waals surface area contributed by atoms with Gasteiger partial charge in [0.25, 0.3) is 5.91 Å². The molecule has 1 aromatic rings. The van der Waals surface area contributed by atoms with Crippen molar-refractivity contribution >= 4 is 11.6 Å². The molecule has 2 atom stereocenters. The Morgan fingerprint density at radius 1 is 1.41 bits per heavy atom. The van der Waals surface area contributed by atoms with Crippen LogP contribution in [0.15, 0.2) is 29.4 Å². The van der Waals surface area contributed by atoms with Gasteiger partial charge in [0.2, 0.25) is 6.10 Å². The molecule has 1 saturated heterocycles. The van der Waals surface area contributed by atoms with Gasteiger partial charge in [0.1, 0.15) is 5.75 Å². The average molecular weight is 304 g/mol. The number of carbonyl (C=O) groups is 1. The zero-order chi connectivity index (χ0) is 15.4. The van der Waals surface area contributed by atoms with Gasteiger partial charge in [0.05, 0.1) is 18.9 Å². The molecule has 1 amide bonds. The number of methoxy groups -OCH3 is 1. The van der Waals surface area contributed by atoms with E-state index in [0.717, 1.165) is 36.5 Å². The van der Waals surface area contributed by atoms with E-state index in [1.54, 1.807) is 7.11 Å². The largest absolute Gasteiger partial charge is 0.497 e. The van der Waals surface area contributed by atoms with Crippen molar-refractivity contribution in [2.75, 3.05) is 20.3 Å². The summed E-state index contributed by atoms with van der Waals surface area (Å²) in [6.07, 6.45) is 2.11. The lowest BCUT2D eigenvalue weighted by Gasteiger charge is -2.13. The number of benzene rings is 1. The Balaban J connectivity index is 1.50. The van der Waals surface area contributed by atoms with Crippen LogP contribution in [0, 0.1) is 0 Å². The molecule has 2 aliphatic rings. The quantitative estimate of drug-likeness (QED) is 0.894. The van der Waals surface area contributed by atoms with Crippen LogP contribution in [0.25, 0.3) is 0 Å². The minimum Gasteiger partial charge on any atom is -0.497 e. The number of hydrogen-bond donors (Lipinski definition) is 1. The molecule has 1 aromatic carbocycles. The first-order valence-corrected chi connectivity index (χ1v) is 7.52. The van der Waals surface area contributed by atoms with Gasteiger partial charge in [-0.3, -0.25) is 4.79 Å².